The van der Waals surface area contributed by atoms with Gasteiger partial charge in [-0.05, 0) is 31.4 Å². The molecular weight excluding hydrogens is 324 g/mol. The summed E-state index contributed by atoms with van der Waals surface area (Å²) in [6, 6.07) is 2.92. The summed E-state index contributed by atoms with van der Waals surface area (Å²) in [5.74, 6) is 0.551. The Bertz CT molecular complexity index is 706. The minimum Gasteiger partial charge on any atom is -0.493 e. The van der Waals surface area contributed by atoms with E-state index in [1.807, 2.05) is 0 Å². The molecule has 2 N–H and O–H groups in total. The Kier molecular flexibility index (Phi) is 4.27. The summed E-state index contributed by atoms with van der Waals surface area (Å²) >= 11 is 0. The summed E-state index contributed by atoms with van der Waals surface area (Å²) in [5.41, 5.74) is 6.06. The number of rotatable bonds is 6. The van der Waals surface area contributed by atoms with Crippen LogP contribution in [0.5, 0.6) is 17.2 Å². The molecule has 1 aromatic heterocycles. The van der Waals surface area contributed by atoms with Crippen molar-refractivity contribution in [2.45, 2.75) is 31.4 Å². The standard InChI is InChI=1S/C15H17F2N3O4/c1-21-9-6-8(7-10(22-2)11(9)23-14(16)17)12-19-13(20-24-12)15(18)4-3-5-15/h6-7,14H,3-5,18H2,1-2H3. The first kappa shape index (κ1) is 16.4. The van der Waals surface area contributed by atoms with E-state index in [2.05, 4.69) is 14.9 Å². The maximum atomic E-state index is 12.6. The van der Waals surface area contributed by atoms with Crippen LogP contribution in [-0.2, 0) is 5.54 Å². The Balaban J connectivity index is 1.99. The highest BCUT2D eigenvalue weighted by Gasteiger charge is 2.39. The molecule has 3 rings (SSSR count). The fraction of sp³-hybridized carbons (Fsp3) is 0.467. The quantitative estimate of drug-likeness (QED) is 0.863. The zero-order valence-corrected chi connectivity index (χ0v) is 13.2. The Morgan fingerprint density at radius 2 is 1.83 bits per heavy atom. The highest BCUT2D eigenvalue weighted by Crippen LogP contribution is 2.43. The summed E-state index contributed by atoms with van der Waals surface area (Å²) in [6.07, 6.45) is 2.60. The first-order valence-corrected chi connectivity index (χ1v) is 7.31. The molecule has 0 aliphatic heterocycles. The molecular formula is C15H17F2N3O4. The van der Waals surface area contributed by atoms with Gasteiger partial charge in [-0.2, -0.15) is 13.8 Å². The number of methoxy groups -OCH3 is 2. The third-order valence-corrected chi connectivity index (χ3v) is 4.03. The fourth-order valence-electron chi connectivity index (χ4n) is 2.53. The molecule has 2 aromatic rings. The van der Waals surface area contributed by atoms with Crippen molar-refractivity contribution < 1.29 is 27.5 Å². The normalized spacial score (nSPS) is 15.9. The first-order chi connectivity index (χ1) is 11.5. The molecule has 130 valence electrons. The molecule has 9 heteroatoms. The average molecular weight is 341 g/mol. The Labute approximate surface area is 136 Å². The van der Waals surface area contributed by atoms with Crippen molar-refractivity contribution in [1.29, 1.82) is 0 Å². The second-order valence-corrected chi connectivity index (χ2v) is 5.52. The molecule has 0 spiro atoms. The van der Waals surface area contributed by atoms with Gasteiger partial charge in [0.05, 0.1) is 19.8 Å². The molecule has 1 aliphatic rings. The molecule has 0 saturated heterocycles. The Hall–Kier alpha value is -2.42. The number of halogens is 2. The summed E-state index contributed by atoms with van der Waals surface area (Å²) < 4.78 is 45.1. The molecule has 0 atom stereocenters. The van der Waals surface area contributed by atoms with Crippen molar-refractivity contribution in [3.63, 3.8) is 0 Å². The van der Waals surface area contributed by atoms with Crippen LogP contribution >= 0.6 is 0 Å². The maximum Gasteiger partial charge on any atom is 0.387 e. The van der Waals surface area contributed by atoms with Crippen molar-refractivity contribution in [3.05, 3.63) is 18.0 Å². The maximum absolute atomic E-state index is 12.6. The summed E-state index contributed by atoms with van der Waals surface area (Å²) in [6.45, 7) is -3.01. The number of aromatic nitrogens is 2. The molecule has 0 unspecified atom stereocenters. The zero-order chi connectivity index (χ0) is 17.3. The van der Waals surface area contributed by atoms with Gasteiger partial charge in [0.2, 0.25) is 5.75 Å². The van der Waals surface area contributed by atoms with Crippen LogP contribution < -0.4 is 19.9 Å². The van der Waals surface area contributed by atoms with Crippen molar-refractivity contribution in [3.8, 4) is 28.7 Å². The molecule has 1 saturated carbocycles. The van der Waals surface area contributed by atoms with E-state index < -0.39 is 12.2 Å². The van der Waals surface area contributed by atoms with E-state index in [-0.39, 0.29) is 23.1 Å². The van der Waals surface area contributed by atoms with Crippen LogP contribution in [0.3, 0.4) is 0 Å². The van der Waals surface area contributed by atoms with Gasteiger partial charge in [-0.15, -0.1) is 0 Å². The van der Waals surface area contributed by atoms with Crippen LogP contribution in [0, 0.1) is 0 Å². The lowest BCUT2D eigenvalue weighted by atomic mass is 9.77. The number of benzene rings is 1. The predicted molar refractivity (Wildman–Crippen MR) is 79.2 cm³/mol. The van der Waals surface area contributed by atoms with Gasteiger partial charge >= 0.3 is 6.61 Å². The van der Waals surface area contributed by atoms with E-state index in [0.717, 1.165) is 19.3 Å². The summed E-state index contributed by atoms with van der Waals surface area (Å²) in [4.78, 5) is 4.31. The van der Waals surface area contributed by atoms with Gasteiger partial charge in [0.1, 0.15) is 0 Å². The summed E-state index contributed by atoms with van der Waals surface area (Å²) in [7, 11) is 2.67. The molecule has 7 nitrogen and oxygen atoms in total. The zero-order valence-electron chi connectivity index (χ0n) is 13.2. The largest absolute Gasteiger partial charge is 0.493 e. The van der Waals surface area contributed by atoms with Gasteiger partial charge in [0.15, 0.2) is 17.3 Å². The van der Waals surface area contributed by atoms with Crippen LogP contribution in [0.4, 0.5) is 8.78 Å². The Morgan fingerprint density at radius 1 is 1.21 bits per heavy atom. The molecule has 1 aromatic carbocycles. The van der Waals surface area contributed by atoms with Crippen molar-refractivity contribution in [2.24, 2.45) is 5.73 Å². The van der Waals surface area contributed by atoms with E-state index >= 15 is 0 Å². The van der Waals surface area contributed by atoms with E-state index in [9.17, 15) is 8.78 Å². The van der Waals surface area contributed by atoms with Gasteiger partial charge in [-0.25, -0.2) is 0 Å². The number of alkyl halides is 2. The third-order valence-electron chi connectivity index (χ3n) is 4.03. The van der Waals surface area contributed by atoms with Crippen molar-refractivity contribution >= 4 is 0 Å². The molecule has 0 bridgehead atoms. The van der Waals surface area contributed by atoms with Crippen LogP contribution in [0.25, 0.3) is 11.5 Å². The first-order valence-electron chi connectivity index (χ1n) is 7.31. The number of nitrogens with zero attached hydrogens (tertiary/aromatic N) is 2. The molecule has 1 aliphatic carbocycles. The lowest BCUT2D eigenvalue weighted by Gasteiger charge is -2.34. The number of ether oxygens (including phenoxy) is 3. The number of nitrogens with two attached hydrogens (primary N) is 1. The topological polar surface area (TPSA) is 92.6 Å². The van der Waals surface area contributed by atoms with Gasteiger partial charge in [0, 0.05) is 5.56 Å². The van der Waals surface area contributed by atoms with Crippen LogP contribution in [-0.4, -0.2) is 31.0 Å². The Morgan fingerprint density at radius 3 is 2.29 bits per heavy atom. The minimum absolute atomic E-state index is 0.0653. The van der Waals surface area contributed by atoms with Gasteiger partial charge < -0.3 is 24.5 Å². The smallest absolute Gasteiger partial charge is 0.387 e. The number of hydrogen-bond acceptors (Lipinski definition) is 7. The highest BCUT2D eigenvalue weighted by molar-refractivity contribution is 5.65. The second kappa shape index (κ2) is 6.23. The van der Waals surface area contributed by atoms with Crippen molar-refractivity contribution in [2.75, 3.05) is 14.2 Å². The third kappa shape index (κ3) is 2.86. The number of hydrogen-bond donors (Lipinski definition) is 1. The lowest BCUT2D eigenvalue weighted by Crippen LogP contribution is -2.44. The van der Waals surface area contributed by atoms with Crippen LogP contribution in [0.1, 0.15) is 25.1 Å². The molecule has 0 radical (unpaired) electrons. The van der Waals surface area contributed by atoms with E-state index in [1.165, 1.54) is 26.4 Å². The van der Waals surface area contributed by atoms with Crippen LogP contribution in [0.15, 0.2) is 16.7 Å². The molecule has 1 heterocycles. The van der Waals surface area contributed by atoms with Gasteiger partial charge in [0.25, 0.3) is 5.89 Å². The highest BCUT2D eigenvalue weighted by atomic mass is 19.3. The van der Waals surface area contributed by atoms with E-state index in [4.69, 9.17) is 19.7 Å². The monoisotopic (exact) mass is 341 g/mol. The lowest BCUT2D eigenvalue weighted by molar-refractivity contribution is -0.0526. The van der Waals surface area contributed by atoms with E-state index in [0.29, 0.717) is 11.4 Å². The van der Waals surface area contributed by atoms with E-state index in [1.54, 1.807) is 0 Å². The molecule has 1 fully saturated rings. The predicted octanol–water partition coefficient (Wildman–Crippen LogP) is 2.69. The summed E-state index contributed by atoms with van der Waals surface area (Å²) in [5, 5.41) is 3.92. The van der Waals surface area contributed by atoms with Gasteiger partial charge in [-0.1, -0.05) is 5.16 Å². The molecule has 24 heavy (non-hydrogen) atoms. The molecule has 0 amide bonds. The second-order valence-electron chi connectivity index (χ2n) is 5.52. The fourth-order valence-corrected chi connectivity index (χ4v) is 2.53. The van der Waals surface area contributed by atoms with Gasteiger partial charge in [-0.3, -0.25) is 0 Å². The average Bonchev–Trinajstić information content (AvgIpc) is 3.02. The van der Waals surface area contributed by atoms with Crippen LogP contribution in [0.2, 0.25) is 0 Å². The van der Waals surface area contributed by atoms with Crippen molar-refractivity contribution in [1.82, 2.24) is 10.1 Å². The minimum atomic E-state index is -3.01. The SMILES string of the molecule is COc1cc(-c2nc(C3(N)CCC3)no2)cc(OC)c1OC(F)F.